The van der Waals surface area contributed by atoms with E-state index in [9.17, 15) is 4.79 Å². The van der Waals surface area contributed by atoms with Gasteiger partial charge < -0.3 is 19.1 Å². The number of rotatable bonds is 10. The molecule has 0 aliphatic carbocycles. The van der Waals surface area contributed by atoms with Gasteiger partial charge in [-0.2, -0.15) is 5.48 Å². The Kier molecular flexibility index (Phi) is 9.68. The highest BCUT2D eigenvalue weighted by Crippen LogP contribution is 2.21. The molecule has 0 saturated heterocycles. The van der Waals surface area contributed by atoms with Crippen LogP contribution in [0.3, 0.4) is 0 Å². The van der Waals surface area contributed by atoms with Crippen molar-refractivity contribution < 1.29 is 23.9 Å². The number of hydroxylamine groups is 1. The molecule has 0 aromatic heterocycles. The molecule has 0 spiro atoms. The van der Waals surface area contributed by atoms with Crippen molar-refractivity contribution in [2.45, 2.75) is 18.9 Å². The van der Waals surface area contributed by atoms with Crippen LogP contribution < -0.4 is 5.48 Å². The molecular weight excluding hydrogens is 344 g/mol. The van der Waals surface area contributed by atoms with Crippen molar-refractivity contribution in [1.82, 2.24) is 5.48 Å². The standard InChI is InChI=1S/C17H24N2O5S/c1-12(17(25-5)19-23-4)18-24-11-13-8-6-7-9-14(13)15(21-2)10-16(20)22-3/h6-10,17,19H,11H2,1-5H3. The van der Waals surface area contributed by atoms with Crippen LogP contribution in [0.2, 0.25) is 0 Å². The average molecular weight is 368 g/mol. The molecule has 1 atom stereocenters. The zero-order valence-electron chi connectivity index (χ0n) is 15.1. The number of hydrogen-bond donors (Lipinski definition) is 1. The molecule has 0 saturated carbocycles. The van der Waals surface area contributed by atoms with Crippen molar-refractivity contribution in [3.05, 3.63) is 41.5 Å². The van der Waals surface area contributed by atoms with Gasteiger partial charge in [0.25, 0.3) is 0 Å². The smallest absolute Gasteiger partial charge is 0.334 e. The summed E-state index contributed by atoms with van der Waals surface area (Å²) in [7, 11) is 4.36. The lowest BCUT2D eigenvalue weighted by Gasteiger charge is -2.14. The van der Waals surface area contributed by atoms with Crippen LogP contribution in [0.5, 0.6) is 0 Å². The van der Waals surface area contributed by atoms with Gasteiger partial charge >= 0.3 is 5.97 Å². The van der Waals surface area contributed by atoms with Gasteiger partial charge in [-0.25, -0.2) is 4.79 Å². The molecule has 0 radical (unpaired) electrons. The SMILES string of the molecule is CONC(SC)C(C)=NOCc1ccccc1C(=CC(=O)OC)OC. The van der Waals surface area contributed by atoms with Crippen LogP contribution in [0, 0.1) is 0 Å². The second kappa shape index (κ2) is 11.5. The van der Waals surface area contributed by atoms with Crippen LogP contribution in [-0.2, 0) is 30.6 Å². The fraction of sp³-hybridized carbons (Fsp3) is 0.412. The predicted molar refractivity (Wildman–Crippen MR) is 98.8 cm³/mol. The fourth-order valence-electron chi connectivity index (χ4n) is 1.96. The number of thioether (sulfide) groups is 1. The molecule has 1 rings (SSSR count). The first kappa shape index (κ1) is 21.0. The van der Waals surface area contributed by atoms with Gasteiger partial charge in [-0.3, -0.25) is 0 Å². The van der Waals surface area contributed by atoms with Crippen LogP contribution in [-0.4, -0.2) is 44.6 Å². The number of nitrogens with one attached hydrogen (secondary N) is 1. The molecular formula is C17H24N2O5S. The summed E-state index contributed by atoms with van der Waals surface area (Å²) in [4.78, 5) is 21.9. The molecule has 138 valence electrons. The Hall–Kier alpha value is -2.03. The zero-order valence-corrected chi connectivity index (χ0v) is 15.9. The van der Waals surface area contributed by atoms with E-state index < -0.39 is 5.97 Å². The first-order valence-electron chi connectivity index (χ1n) is 7.47. The lowest BCUT2D eigenvalue weighted by molar-refractivity contribution is -0.134. The highest BCUT2D eigenvalue weighted by atomic mass is 32.2. The molecule has 0 heterocycles. The molecule has 0 aliphatic rings. The topological polar surface area (TPSA) is 78.4 Å². The van der Waals surface area contributed by atoms with Gasteiger partial charge in [0.1, 0.15) is 17.7 Å². The fourth-order valence-corrected chi connectivity index (χ4v) is 2.54. The van der Waals surface area contributed by atoms with E-state index in [2.05, 4.69) is 15.4 Å². The monoisotopic (exact) mass is 368 g/mol. The molecule has 0 aliphatic heterocycles. The molecule has 0 bridgehead atoms. The van der Waals surface area contributed by atoms with Gasteiger partial charge in [0.2, 0.25) is 0 Å². The van der Waals surface area contributed by atoms with Gasteiger partial charge in [0.15, 0.2) is 0 Å². The van der Waals surface area contributed by atoms with Gasteiger partial charge in [0, 0.05) is 11.1 Å². The van der Waals surface area contributed by atoms with Gasteiger partial charge in [-0.05, 0) is 13.2 Å². The van der Waals surface area contributed by atoms with Crippen molar-refractivity contribution in [3.8, 4) is 0 Å². The van der Waals surface area contributed by atoms with Crippen molar-refractivity contribution in [1.29, 1.82) is 0 Å². The van der Waals surface area contributed by atoms with Crippen LogP contribution in [0.4, 0.5) is 0 Å². The molecule has 8 heteroatoms. The number of benzene rings is 1. The summed E-state index contributed by atoms with van der Waals surface area (Å²) < 4.78 is 9.95. The molecule has 25 heavy (non-hydrogen) atoms. The van der Waals surface area contributed by atoms with Crippen LogP contribution >= 0.6 is 11.8 Å². The normalized spacial score (nSPS) is 13.3. The number of esters is 1. The van der Waals surface area contributed by atoms with Gasteiger partial charge in [-0.1, -0.05) is 29.4 Å². The van der Waals surface area contributed by atoms with E-state index in [0.29, 0.717) is 5.76 Å². The van der Waals surface area contributed by atoms with Crippen LogP contribution in [0.15, 0.2) is 35.5 Å². The summed E-state index contributed by atoms with van der Waals surface area (Å²) in [5.74, 6) is -0.0929. The minimum absolute atomic E-state index is 0.103. The van der Waals surface area contributed by atoms with Crippen molar-refractivity contribution >= 4 is 29.2 Å². The molecule has 1 aromatic rings. The maximum atomic E-state index is 11.5. The largest absolute Gasteiger partial charge is 0.496 e. The van der Waals surface area contributed by atoms with E-state index in [0.717, 1.165) is 16.8 Å². The predicted octanol–water partition coefficient (Wildman–Crippen LogP) is 2.58. The Labute approximate surface area is 152 Å². The third-order valence-electron chi connectivity index (χ3n) is 3.22. The van der Waals surface area contributed by atoms with Crippen molar-refractivity contribution in [2.24, 2.45) is 5.16 Å². The number of carbonyl (C=O) groups is 1. The molecule has 0 fully saturated rings. The maximum Gasteiger partial charge on any atom is 0.334 e. The van der Waals surface area contributed by atoms with E-state index in [1.807, 2.05) is 37.4 Å². The maximum absolute atomic E-state index is 11.5. The lowest BCUT2D eigenvalue weighted by Crippen LogP contribution is -2.31. The first-order valence-corrected chi connectivity index (χ1v) is 8.75. The Bertz CT molecular complexity index is 619. The Morgan fingerprint density at radius 1 is 1.28 bits per heavy atom. The first-order chi connectivity index (χ1) is 12.1. The Morgan fingerprint density at radius 2 is 2.00 bits per heavy atom. The summed E-state index contributed by atoms with van der Waals surface area (Å²) in [6, 6.07) is 7.44. The molecule has 0 amide bonds. The van der Waals surface area contributed by atoms with E-state index in [-0.39, 0.29) is 12.0 Å². The van der Waals surface area contributed by atoms with Gasteiger partial charge in [0.05, 0.1) is 33.1 Å². The summed E-state index contributed by atoms with van der Waals surface area (Å²) in [6.45, 7) is 2.07. The molecule has 1 N–H and O–H groups in total. The lowest BCUT2D eigenvalue weighted by atomic mass is 10.1. The highest BCUT2D eigenvalue weighted by Gasteiger charge is 2.12. The van der Waals surface area contributed by atoms with Gasteiger partial charge in [-0.15, -0.1) is 11.8 Å². The molecule has 7 nitrogen and oxygen atoms in total. The Balaban J connectivity index is 2.90. The van der Waals surface area contributed by atoms with Crippen LogP contribution in [0.25, 0.3) is 5.76 Å². The molecule has 1 unspecified atom stereocenters. The van der Waals surface area contributed by atoms with E-state index >= 15 is 0 Å². The minimum atomic E-state index is -0.491. The number of oxime groups is 1. The highest BCUT2D eigenvalue weighted by molar-refractivity contribution is 7.99. The van der Waals surface area contributed by atoms with E-state index in [4.69, 9.17) is 14.4 Å². The van der Waals surface area contributed by atoms with E-state index in [1.54, 1.807) is 18.9 Å². The van der Waals surface area contributed by atoms with Crippen molar-refractivity contribution in [3.63, 3.8) is 0 Å². The summed E-state index contributed by atoms with van der Waals surface area (Å²) >= 11 is 1.54. The zero-order chi connectivity index (χ0) is 18.7. The third kappa shape index (κ3) is 6.77. The van der Waals surface area contributed by atoms with Crippen LogP contribution in [0.1, 0.15) is 18.1 Å². The number of methoxy groups -OCH3 is 2. The van der Waals surface area contributed by atoms with E-state index in [1.165, 1.54) is 20.3 Å². The average Bonchev–Trinajstić information content (AvgIpc) is 2.64. The summed E-state index contributed by atoms with van der Waals surface area (Å²) in [5.41, 5.74) is 5.12. The number of nitrogens with zero attached hydrogens (tertiary/aromatic N) is 1. The molecule has 1 aromatic carbocycles. The summed E-state index contributed by atoms with van der Waals surface area (Å²) in [5, 5.41) is 4.01. The second-order valence-electron chi connectivity index (χ2n) is 4.84. The Morgan fingerprint density at radius 3 is 2.60 bits per heavy atom. The van der Waals surface area contributed by atoms with Crippen molar-refractivity contribution in [2.75, 3.05) is 27.6 Å². The summed E-state index contributed by atoms with van der Waals surface area (Å²) in [6.07, 6.45) is 3.23. The minimum Gasteiger partial charge on any atom is -0.496 e. The number of hydrogen-bond acceptors (Lipinski definition) is 8. The quantitative estimate of drug-likeness (QED) is 0.170. The third-order valence-corrected chi connectivity index (χ3v) is 4.13. The number of carbonyl (C=O) groups excluding carboxylic acids is 1. The number of ether oxygens (including phenoxy) is 2. The second-order valence-corrected chi connectivity index (χ2v) is 5.78.